The van der Waals surface area contributed by atoms with Crippen molar-refractivity contribution in [2.45, 2.75) is 46.7 Å². The molecule has 22 heavy (non-hydrogen) atoms. The Balaban J connectivity index is 2.73. The first-order chi connectivity index (χ1) is 10.3. The van der Waals surface area contributed by atoms with Gasteiger partial charge < -0.3 is 4.90 Å². The minimum absolute atomic E-state index is 0.0753. The summed E-state index contributed by atoms with van der Waals surface area (Å²) in [5, 5.41) is 1.81. The zero-order valence-electron chi connectivity index (χ0n) is 13.9. The second-order valence-electron chi connectivity index (χ2n) is 6.17. The summed E-state index contributed by atoms with van der Waals surface area (Å²) in [4.78, 5) is 27.0. The molecule has 0 spiro atoms. The first kappa shape index (κ1) is 16.2. The van der Waals surface area contributed by atoms with Crippen LogP contribution in [-0.2, 0) is 0 Å². The minimum Gasteiger partial charge on any atom is -0.334 e. The third-order valence-electron chi connectivity index (χ3n) is 3.87. The topological polar surface area (TPSA) is 37.4 Å². The van der Waals surface area contributed by atoms with Crippen LogP contribution in [0.15, 0.2) is 36.4 Å². The van der Waals surface area contributed by atoms with Crippen molar-refractivity contribution in [2.75, 3.05) is 0 Å². The Hall–Kier alpha value is -2.16. The number of ketones is 1. The van der Waals surface area contributed by atoms with Crippen LogP contribution in [0.4, 0.5) is 0 Å². The SMILES string of the molecule is CC(=O)c1ccc2ccccc2c1C(=O)N(C(C)C)C(C)C. The number of nitrogens with zero attached hydrogens (tertiary/aromatic N) is 1. The molecule has 0 fully saturated rings. The molecule has 0 aromatic heterocycles. The molecule has 0 unspecified atom stereocenters. The third-order valence-corrected chi connectivity index (χ3v) is 3.87. The van der Waals surface area contributed by atoms with E-state index in [1.54, 1.807) is 6.07 Å². The van der Waals surface area contributed by atoms with Crippen LogP contribution in [0.3, 0.4) is 0 Å². The predicted octanol–water partition coefficient (Wildman–Crippen LogP) is 4.30. The number of Topliss-reactive ketones (excluding diaryl/α,β-unsaturated/α-hetero) is 1. The van der Waals surface area contributed by atoms with Gasteiger partial charge in [-0.25, -0.2) is 0 Å². The van der Waals surface area contributed by atoms with E-state index in [9.17, 15) is 9.59 Å². The third kappa shape index (κ3) is 2.89. The summed E-state index contributed by atoms with van der Waals surface area (Å²) in [5.74, 6) is -0.159. The van der Waals surface area contributed by atoms with Crippen molar-refractivity contribution in [3.63, 3.8) is 0 Å². The van der Waals surface area contributed by atoms with Gasteiger partial charge in [0.25, 0.3) is 5.91 Å². The quantitative estimate of drug-likeness (QED) is 0.789. The van der Waals surface area contributed by atoms with E-state index in [0.717, 1.165) is 10.8 Å². The number of hydrogen-bond donors (Lipinski definition) is 0. The molecule has 0 N–H and O–H groups in total. The average molecular weight is 297 g/mol. The molecule has 0 saturated heterocycles. The second kappa shape index (κ2) is 6.30. The summed E-state index contributed by atoms with van der Waals surface area (Å²) in [6, 6.07) is 11.5. The van der Waals surface area contributed by atoms with Gasteiger partial charge in [-0.3, -0.25) is 9.59 Å². The van der Waals surface area contributed by atoms with Gasteiger partial charge in [0.2, 0.25) is 0 Å². The lowest BCUT2D eigenvalue weighted by Gasteiger charge is -2.31. The maximum Gasteiger partial charge on any atom is 0.255 e. The summed E-state index contributed by atoms with van der Waals surface area (Å²) < 4.78 is 0. The molecule has 2 aromatic rings. The van der Waals surface area contributed by atoms with Gasteiger partial charge in [-0.1, -0.05) is 30.3 Å². The highest BCUT2D eigenvalue weighted by Crippen LogP contribution is 2.26. The van der Waals surface area contributed by atoms with E-state index < -0.39 is 0 Å². The van der Waals surface area contributed by atoms with Gasteiger partial charge in [0.05, 0.1) is 5.56 Å². The van der Waals surface area contributed by atoms with Crippen molar-refractivity contribution in [2.24, 2.45) is 0 Å². The molecule has 0 aliphatic carbocycles. The summed E-state index contributed by atoms with van der Waals surface area (Å²) in [6.45, 7) is 9.50. The Kier molecular flexibility index (Phi) is 4.65. The normalized spacial score (nSPS) is 11.2. The molecule has 2 rings (SSSR count). The first-order valence-electron chi connectivity index (χ1n) is 7.70. The van der Waals surface area contributed by atoms with E-state index >= 15 is 0 Å². The van der Waals surface area contributed by atoms with Gasteiger partial charge in [0.15, 0.2) is 5.78 Å². The van der Waals surface area contributed by atoms with Crippen molar-refractivity contribution in [3.05, 3.63) is 47.5 Å². The van der Waals surface area contributed by atoms with Crippen LogP contribution < -0.4 is 0 Å². The van der Waals surface area contributed by atoms with Gasteiger partial charge >= 0.3 is 0 Å². The maximum absolute atomic E-state index is 13.1. The molecular formula is C19H23NO2. The van der Waals surface area contributed by atoms with Gasteiger partial charge in [-0.05, 0) is 51.5 Å². The molecule has 116 valence electrons. The van der Waals surface area contributed by atoms with Gasteiger partial charge in [0.1, 0.15) is 0 Å². The molecule has 3 heteroatoms. The minimum atomic E-state index is -0.0819. The van der Waals surface area contributed by atoms with Crippen molar-refractivity contribution in [1.29, 1.82) is 0 Å². The van der Waals surface area contributed by atoms with E-state index in [1.807, 2.05) is 62.9 Å². The van der Waals surface area contributed by atoms with E-state index in [1.165, 1.54) is 6.92 Å². The Bertz CT molecular complexity index is 708. The van der Waals surface area contributed by atoms with E-state index in [4.69, 9.17) is 0 Å². The smallest absolute Gasteiger partial charge is 0.255 e. The average Bonchev–Trinajstić information content (AvgIpc) is 2.44. The Morgan fingerprint density at radius 3 is 2.05 bits per heavy atom. The van der Waals surface area contributed by atoms with Crippen LogP contribution in [0.2, 0.25) is 0 Å². The highest BCUT2D eigenvalue weighted by atomic mass is 16.2. The fraction of sp³-hybridized carbons (Fsp3) is 0.368. The predicted molar refractivity (Wildman–Crippen MR) is 90.4 cm³/mol. The van der Waals surface area contributed by atoms with Gasteiger partial charge in [0, 0.05) is 17.6 Å². The number of carbonyl (C=O) groups excluding carboxylic acids is 2. The number of fused-ring (bicyclic) bond motifs is 1. The molecule has 0 radical (unpaired) electrons. The molecule has 3 nitrogen and oxygen atoms in total. The fourth-order valence-electron chi connectivity index (χ4n) is 2.99. The van der Waals surface area contributed by atoms with E-state index in [-0.39, 0.29) is 23.8 Å². The second-order valence-corrected chi connectivity index (χ2v) is 6.17. The molecular weight excluding hydrogens is 274 g/mol. The van der Waals surface area contributed by atoms with Crippen molar-refractivity contribution >= 4 is 22.5 Å². The summed E-state index contributed by atoms with van der Waals surface area (Å²) >= 11 is 0. The zero-order valence-corrected chi connectivity index (χ0v) is 13.9. The highest BCUT2D eigenvalue weighted by molar-refractivity contribution is 6.15. The monoisotopic (exact) mass is 297 g/mol. The standard InChI is InChI=1S/C19H23NO2/c1-12(2)20(13(3)4)19(22)18-16(14(5)21)11-10-15-8-6-7-9-17(15)18/h6-13H,1-5H3. The lowest BCUT2D eigenvalue weighted by Crippen LogP contribution is -2.42. The maximum atomic E-state index is 13.1. The van der Waals surface area contributed by atoms with Gasteiger partial charge in [-0.2, -0.15) is 0 Å². The summed E-state index contributed by atoms with van der Waals surface area (Å²) in [6.07, 6.45) is 0. The highest BCUT2D eigenvalue weighted by Gasteiger charge is 2.26. The largest absolute Gasteiger partial charge is 0.334 e. The van der Waals surface area contributed by atoms with Crippen LogP contribution in [0, 0.1) is 0 Å². The Labute approximate surface area is 131 Å². The summed E-state index contributed by atoms with van der Waals surface area (Å²) in [7, 11) is 0. The summed E-state index contributed by atoms with van der Waals surface area (Å²) in [5.41, 5.74) is 1.02. The Morgan fingerprint density at radius 2 is 1.50 bits per heavy atom. The van der Waals surface area contributed by atoms with Crippen molar-refractivity contribution in [3.8, 4) is 0 Å². The number of benzene rings is 2. The number of rotatable bonds is 4. The van der Waals surface area contributed by atoms with Crippen LogP contribution in [0.25, 0.3) is 10.8 Å². The molecule has 0 aliphatic rings. The fourth-order valence-corrected chi connectivity index (χ4v) is 2.99. The van der Waals surface area contributed by atoms with Crippen LogP contribution in [-0.4, -0.2) is 28.7 Å². The van der Waals surface area contributed by atoms with Crippen LogP contribution in [0.1, 0.15) is 55.3 Å². The molecule has 0 saturated carbocycles. The molecule has 0 atom stereocenters. The molecule has 0 aliphatic heterocycles. The zero-order chi connectivity index (χ0) is 16.4. The van der Waals surface area contributed by atoms with Crippen LogP contribution in [0.5, 0.6) is 0 Å². The van der Waals surface area contributed by atoms with E-state index in [0.29, 0.717) is 11.1 Å². The molecule has 0 heterocycles. The molecule has 2 aromatic carbocycles. The number of amides is 1. The lowest BCUT2D eigenvalue weighted by molar-refractivity contribution is 0.0642. The van der Waals surface area contributed by atoms with E-state index in [2.05, 4.69) is 0 Å². The Morgan fingerprint density at radius 1 is 0.909 bits per heavy atom. The first-order valence-corrected chi connectivity index (χ1v) is 7.70. The van der Waals surface area contributed by atoms with Gasteiger partial charge in [-0.15, -0.1) is 0 Å². The van der Waals surface area contributed by atoms with Crippen molar-refractivity contribution in [1.82, 2.24) is 4.90 Å². The molecule has 1 amide bonds. The van der Waals surface area contributed by atoms with Crippen molar-refractivity contribution < 1.29 is 9.59 Å². The van der Waals surface area contributed by atoms with Crippen LogP contribution >= 0.6 is 0 Å². The number of hydrogen-bond acceptors (Lipinski definition) is 2. The number of carbonyl (C=O) groups is 2. The lowest BCUT2D eigenvalue weighted by atomic mass is 9.95. The molecule has 0 bridgehead atoms.